The molecule has 1 aliphatic rings. The van der Waals surface area contributed by atoms with E-state index in [0.717, 1.165) is 38.9 Å². The van der Waals surface area contributed by atoms with Crippen molar-refractivity contribution >= 4 is 0 Å². The van der Waals surface area contributed by atoms with Gasteiger partial charge in [-0.05, 0) is 27.1 Å². The fraction of sp³-hybridized carbons (Fsp3) is 0.818. The first-order valence-corrected chi connectivity index (χ1v) is 5.22. The minimum absolute atomic E-state index is 0.359. The number of aliphatic hydroxyl groups is 1. The lowest BCUT2D eigenvalue weighted by Gasteiger charge is -2.27. The summed E-state index contributed by atoms with van der Waals surface area (Å²) >= 11 is 0. The van der Waals surface area contributed by atoms with Crippen molar-refractivity contribution < 1.29 is 5.11 Å². The molecule has 0 radical (unpaired) electrons. The second-order valence-corrected chi connectivity index (χ2v) is 3.95. The first-order chi connectivity index (χ1) is 6.70. The predicted octanol–water partition coefficient (Wildman–Crippen LogP) is 0.356. The molecule has 1 rings (SSSR count). The molecule has 0 saturated heterocycles. The highest BCUT2D eigenvalue weighted by Crippen LogP contribution is 2.02. The Balaban J connectivity index is 2.33. The molecule has 0 amide bonds. The standard InChI is InChI=1S/C11H20N2O/c1-12(2)11(14)10-13-8-6-4-3-5-7-9-13/h11,14H,4,6-10H2,1-2H3/t11-/m1/s1. The van der Waals surface area contributed by atoms with Crippen LogP contribution in [0.5, 0.6) is 0 Å². The summed E-state index contributed by atoms with van der Waals surface area (Å²) in [5, 5.41) is 9.69. The molecule has 0 unspecified atom stereocenters. The lowest BCUT2D eigenvalue weighted by molar-refractivity contribution is 0.00889. The van der Waals surface area contributed by atoms with Crippen LogP contribution >= 0.6 is 0 Å². The highest BCUT2D eigenvalue weighted by Gasteiger charge is 2.12. The van der Waals surface area contributed by atoms with Gasteiger partial charge in [-0.25, -0.2) is 0 Å². The smallest absolute Gasteiger partial charge is 0.119 e. The number of nitrogens with zero attached hydrogens (tertiary/aromatic N) is 2. The molecule has 0 spiro atoms. The SMILES string of the molecule is CN(C)[C@H](O)CN1CCC#CCCC1. The molecule has 0 aromatic rings. The van der Waals surface area contributed by atoms with Crippen LogP contribution in [0.4, 0.5) is 0 Å². The molecule has 0 aromatic carbocycles. The van der Waals surface area contributed by atoms with E-state index >= 15 is 0 Å². The number of β-amino-alcohol motifs (C(OH)–C–C–N with tert-alkyl or cyclic N) is 1. The van der Waals surface area contributed by atoms with Crippen molar-refractivity contribution in [3.8, 4) is 11.8 Å². The van der Waals surface area contributed by atoms with Crippen LogP contribution in [-0.2, 0) is 0 Å². The Hall–Kier alpha value is -0.560. The summed E-state index contributed by atoms with van der Waals surface area (Å²) in [7, 11) is 3.79. The van der Waals surface area contributed by atoms with Crippen molar-refractivity contribution in [3.63, 3.8) is 0 Å². The van der Waals surface area contributed by atoms with E-state index in [1.165, 1.54) is 0 Å². The fourth-order valence-electron chi connectivity index (χ4n) is 1.47. The largest absolute Gasteiger partial charge is 0.377 e. The number of hydrogen-bond donors (Lipinski definition) is 1. The van der Waals surface area contributed by atoms with E-state index in [9.17, 15) is 5.11 Å². The molecule has 1 atom stereocenters. The van der Waals surface area contributed by atoms with Crippen molar-refractivity contribution in [2.45, 2.75) is 25.5 Å². The molecule has 14 heavy (non-hydrogen) atoms. The average Bonchev–Trinajstić information content (AvgIpc) is 2.08. The van der Waals surface area contributed by atoms with Crippen LogP contribution in [0.3, 0.4) is 0 Å². The minimum atomic E-state index is -0.359. The van der Waals surface area contributed by atoms with E-state index in [1.54, 1.807) is 0 Å². The van der Waals surface area contributed by atoms with Crippen LogP contribution in [-0.4, -0.2) is 54.9 Å². The maximum Gasteiger partial charge on any atom is 0.119 e. The molecule has 1 aliphatic heterocycles. The van der Waals surface area contributed by atoms with Gasteiger partial charge in [-0.3, -0.25) is 9.80 Å². The molecular formula is C11H20N2O. The molecule has 0 saturated carbocycles. The van der Waals surface area contributed by atoms with E-state index < -0.39 is 0 Å². The van der Waals surface area contributed by atoms with Gasteiger partial charge in [-0.1, -0.05) is 0 Å². The Labute approximate surface area is 86.7 Å². The Bertz CT molecular complexity index is 217. The van der Waals surface area contributed by atoms with Crippen LogP contribution in [0.1, 0.15) is 19.3 Å². The number of hydrogen-bond acceptors (Lipinski definition) is 3. The fourth-order valence-corrected chi connectivity index (χ4v) is 1.47. The minimum Gasteiger partial charge on any atom is -0.377 e. The zero-order valence-corrected chi connectivity index (χ0v) is 9.16. The number of aliphatic hydroxyl groups excluding tert-OH is 1. The van der Waals surface area contributed by atoms with Gasteiger partial charge in [0, 0.05) is 25.9 Å². The van der Waals surface area contributed by atoms with Crippen LogP contribution in [0, 0.1) is 11.8 Å². The maximum atomic E-state index is 9.69. The lowest BCUT2D eigenvalue weighted by atomic mass is 10.2. The van der Waals surface area contributed by atoms with Crippen LogP contribution in [0.15, 0.2) is 0 Å². The van der Waals surface area contributed by atoms with E-state index in [2.05, 4.69) is 16.7 Å². The third-order valence-corrected chi connectivity index (χ3v) is 2.47. The van der Waals surface area contributed by atoms with Crippen molar-refractivity contribution in [3.05, 3.63) is 0 Å². The zero-order valence-electron chi connectivity index (χ0n) is 9.16. The molecule has 0 aromatic heterocycles. The summed E-state index contributed by atoms with van der Waals surface area (Å²) in [6, 6.07) is 0. The van der Waals surface area contributed by atoms with E-state index in [4.69, 9.17) is 0 Å². The van der Waals surface area contributed by atoms with Gasteiger partial charge in [0.1, 0.15) is 6.23 Å². The van der Waals surface area contributed by atoms with Crippen LogP contribution < -0.4 is 0 Å². The van der Waals surface area contributed by atoms with Gasteiger partial charge in [-0.2, -0.15) is 0 Å². The van der Waals surface area contributed by atoms with Crippen LogP contribution in [0.2, 0.25) is 0 Å². The van der Waals surface area contributed by atoms with Crippen LogP contribution in [0.25, 0.3) is 0 Å². The van der Waals surface area contributed by atoms with Crippen molar-refractivity contribution in [2.75, 3.05) is 33.7 Å². The second-order valence-electron chi connectivity index (χ2n) is 3.95. The highest BCUT2D eigenvalue weighted by atomic mass is 16.3. The Morgan fingerprint density at radius 2 is 2.00 bits per heavy atom. The molecule has 1 heterocycles. The number of likely N-dealkylation sites (N-methyl/N-ethyl adjacent to an activating group) is 1. The Morgan fingerprint density at radius 3 is 2.71 bits per heavy atom. The van der Waals surface area contributed by atoms with Gasteiger partial charge >= 0.3 is 0 Å². The first-order valence-electron chi connectivity index (χ1n) is 5.22. The molecule has 80 valence electrons. The third kappa shape index (κ3) is 4.10. The third-order valence-electron chi connectivity index (χ3n) is 2.47. The summed E-state index contributed by atoms with van der Waals surface area (Å²) in [6.07, 6.45) is 2.68. The summed E-state index contributed by atoms with van der Waals surface area (Å²) in [5.41, 5.74) is 0. The summed E-state index contributed by atoms with van der Waals surface area (Å²) < 4.78 is 0. The van der Waals surface area contributed by atoms with Gasteiger partial charge < -0.3 is 5.11 Å². The maximum absolute atomic E-state index is 9.69. The Morgan fingerprint density at radius 1 is 1.29 bits per heavy atom. The first kappa shape index (κ1) is 11.5. The molecule has 0 bridgehead atoms. The van der Waals surface area contributed by atoms with Gasteiger partial charge in [0.2, 0.25) is 0 Å². The van der Waals surface area contributed by atoms with E-state index in [0.29, 0.717) is 0 Å². The van der Waals surface area contributed by atoms with Gasteiger partial charge in [0.25, 0.3) is 0 Å². The molecular weight excluding hydrogens is 176 g/mol. The van der Waals surface area contributed by atoms with Crippen molar-refractivity contribution in [2.24, 2.45) is 0 Å². The van der Waals surface area contributed by atoms with Gasteiger partial charge in [0.15, 0.2) is 0 Å². The Kier molecular flexibility index (Phi) is 4.95. The lowest BCUT2D eigenvalue weighted by Crippen LogP contribution is -2.41. The number of rotatable bonds is 3. The van der Waals surface area contributed by atoms with Gasteiger partial charge in [0.05, 0.1) is 0 Å². The predicted molar refractivity (Wildman–Crippen MR) is 57.8 cm³/mol. The van der Waals surface area contributed by atoms with Gasteiger partial charge in [-0.15, -0.1) is 11.8 Å². The normalized spacial score (nSPS) is 20.9. The monoisotopic (exact) mass is 196 g/mol. The van der Waals surface area contributed by atoms with E-state index in [1.807, 2.05) is 19.0 Å². The molecule has 0 aliphatic carbocycles. The zero-order chi connectivity index (χ0) is 10.4. The summed E-state index contributed by atoms with van der Waals surface area (Å²) in [5.74, 6) is 6.27. The molecule has 3 heteroatoms. The summed E-state index contributed by atoms with van der Waals surface area (Å²) in [4.78, 5) is 4.13. The van der Waals surface area contributed by atoms with Crippen molar-refractivity contribution in [1.29, 1.82) is 0 Å². The molecule has 3 nitrogen and oxygen atoms in total. The topological polar surface area (TPSA) is 26.7 Å². The van der Waals surface area contributed by atoms with E-state index in [-0.39, 0.29) is 6.23 Å². The molecule has 0 fully saturated rings. The molecule has 1 N–H and O–H groups in total. The quantitative estimate of drug-likeness (QED) is 0.521. The highest BCUT2D eigenvalue weighted by molar-refractivity contribution is 5.00. The summed E-state index contributed by atoms with van der Waals surface area (Å²) in [6.45, 7) is 2.77. The van der Waals surface area contributed by atoms with Crippen molar-refractivity contribution in [1.82, 2.24) is 9.80 Å². The second kappa shape index (κ2) is 6.02. The average molecular weight is 196 g/mol.